The third-order valence-corrected chi connectivity index (χ3v) is 3.47. The van der Waals surface area contributed by atoms with Crippen molar-refractivity contribution in [2.75, 3.05) is 58.3 Å². The molecule has 2 heterocycles. The summed E-state index contributed by atoms with van der Waals surface area (Å²) in [6.45, 7) is 5.95. The Morgan fingerprint density at radius 1 is 1.25 bits per heavy atom. The van der Waals surface area contributed by atoms with Gasteiger partial charge in [0, 0.05) is 51.7 Å². The summed E-state index contributed by atoms with van der Waals surface area (Å²) in [6.07, 6.45) is 3.23. The Morgan fingerprint density at radius 3 is 2.50 bits per heavy atom. The van der Waals surface area contributed by atoms with E-state index < -0.39 is 0 Å². The Kier molecular flexibility index (Phi) is 4.86. The van der Waals surface area contributed by atoms with Crippen LogP contribution in [-0.2, 0) is 0 Å². The molecule has 7 nitrogen and oxygen atoms in total. The first-order valence-electron chi connectivity index (χ1n) is 6.85. The Balaban J connectivity index is 1.95. The largest absolute Gasteiger partial charge is 0.382 e. The predicted octanol–water partition coefficient (Wildman–Crippen LogP) is -0.556. The van der Waals surface area contributed by atoms with Crippen LogP contribution in [0.2, 0.25) is 0 Å². The number of aromatic nitrogens is 2. The summed E-state index contributed by atoms with van der Waals surface area (Å²) in [5, 5.41) is 7.58. The Bertz CT molecular complexity index is 452. The average molecular weight is 277 g/mol. The predicted molar refractivity (Wildman–Crippen MR) is 80.3 cm³/mol. The standard InChI is InChI=1S/C13H23N7/c1-18(2)5-6-19-7-9-20(10-8-19)13-11(12(14)15)16-3-4-17-13/h3-4H,5-10H2,1-2H3,(H3,14,15). The molecule has 1 aromatic rings. The summed E-state index contributed by atoms with van der Waals surface area (Å²) in [5.41, 5.74) is 6.05. The Labute approximate surface area is 119 Å². The van der Waals surface area contributed by atoms with Gasteiger partial charge in [-0.05, 0) is 14.1 Å². The maximum atomic E-state index is 7.58. The van der Waals surface area contributed by atoms with Gasteiger partial charge >= 0.3 is 0 Å². The third kappa shape index (κ3) is 3.64. The molecule has 1 aliphatic heterocycles. The molecule has 110 valence electrons. The smallest absolute Gasteiger partial charge is 0.158 e. The van der Waals surface area contributed by atoms with Gasteiger partial charge in [-0.2, -0.15) is 0 Å². The highest BCUT2D eigenvalue weighted by atomic mass is 15.3. The first-order chi connectivity index (χ1) is 9.58. The minimum Gasteiger partial charge on any atom is -0.382 e. The molecule has 1 aliphatic rings. The van der Waals surface area contributed by atoms with Gasteiger partial charge in [-0.1, -0.05) is 0 Å². The molecule has 2 rings (SSSR count). The molecular formula is C13H23N7. The molecular weight excluding hydrogens is 254 g/mol. The van der Waals surface area contributed by atoms with Crippen LogP contribution in [0.5, 0.6) is 0 Å². The number of likely N-dealkylation sites (N-methyl/N-ethyl adjacent to an activating group) is 1. The van der Waals surface area contributed by atoms with Gasteiger partial charge in [0.15, 0.2) is 5.82 Å². The average Bonchev–Trinajstić information content (AvgIpc) is 2.45. The molecule has 0 bridgehead atoms. The molecule has 0 spiro atoms. The van der Waals surface area contributed by atoms with Gasteiger partial charge in [-0.3, -0.25) is 10.3 Å². The van der Waals surface area contributed by atoms with Crippen LogP contribution in [0.15, 0.2) is 12.4 Å². The molecule has 0 aliphatic carbocycles. The second-order valence-electron chi connectivity index (χ2n) is 5.27. The quantitative estimate of drug-likeness (QED) is 0.554. The van der Waals surface area contributed by atoms with Crippen LogP contribution < -0.4 is 10.6 Å². The van der Waals surface area contributed by atoms with Crippen molar-refractivity contribution in [1.82, 2.24) is 19.8 Å². The van der Waals surface area contributed by atoms with Crippen molar-refractivity contribution in [2.45, 2.75) is 0 Å². The minimum atomic E-state index is -0.0249. The summed E-state index contributed by atoms with van der Waals surface area (Å²) >= 11 is 0. The SMILES string of the molecule is CN(C)CCN1CCN(c2nccnc2C(=N)N)CC1. The van der Waals surface area contributed by atoms with Gasteiger partial charge < -0.3 is 15.5 Å². The van der Waals surface area contributed by atoms with Crippen molar-refractivity contribution < 1.29 is 0 Å². The molecule has 20 heavy (non-hydrogen) atoms. The number of rotatable bonds is 5. The molecule has 1 aromatic heterocycles. The lowest BCUT2D eigenvalue weighted by Crippen LogP contribution is -2.48. The van der Waals surface area contributed by atoms with Crippen molar-refractivity contribution >= 4 is 11.7 Å². The van der Waals surface area contributed by atoms with Crippen LogP contribution in [0.3, 0.4) is 0 Å². The Morgan fingerprint density at radius 2 is 1.90 bits per heavy atom. The van der Waals surface area contributed by atoms with E-state index in [4.69, 9.17) is 11.1 Å². The molecule has 1 fully saturated rings. The van der Waals surface area contributed by atoms with E-state index in [1.807, 2.05) is 0 Å². The van der Waals surface area contributed by atoms with Crippen LogP contribution in [0.25, 0.3) is 0 Å². The number of anilines is 1. The summed E-state index contributed by atoms with van der Waals surface area (Å²) in [7, 11) is 4.18. The van der Waals surface area contributed by atoms with E-state index >= 15 is 0 Å². The number of nitrogens with two attached hydrogens (primary N) is 1. The van der Waals surface area contributed by atoms with E-state index in [1.54, 1.807) is 12.4 Å². The lowest BCUT2D eigenvalue weighted by atomic mass is 10.2. The van der Waals surface area contributed by atoms with E-state index in [1.165, 1.54) is 0 Å². The molecule has 3 N–H and O–H groups in total. The van der Waals surface area contributed by atoms with Crippen molar-refractivity contribution in [3.8, 4) is 0 Å². The summed E-state index contributed by atoms with van der Waals surface area (Å²) in [4.78, 5) is 15.3. The molecule has 0 radical (unpaired) electrons. The van der Waals surface area contributed by atoms with E-state index in [-0.39, 0.29) is 5.84 Å². The molecule has 1 saturated heterocycles. The van der Waals surface area contributed by atoms with Gasteiger partial charge in [-0.15, -0.1) is 0 Å². The molecule has 0 saturated carbocycles. The lowest BCUT2D eigenvalue weighted by Gasteiger charge is -2.36. The van der Waals surface area contributed by atoms with Crippen LogP contribution in [0.4, 0.5) is 5.82 Å². The first-order valence-corrected chi connectivity index (χ1v) is 6.85. The fourth-order valence-corrected chi connectivity index (χ4v) is 2.28. The summed E-state index contributed by atoms with van der Waals surface area (Å²) < 4.78 is 0. The third-order valence-electron chi connectivity index (χ3n) is 3.47. The maximum absolute atomic E-state index is 7.58. The number of amidine groups is 1. The highest BCUT2D eigenvalue weighted by Crippen LogP contribution is 2.16. The maximum Gasteiger partial charge on any atom is 0.158 e. The number of nitrogens with one attached hydrogen (secondary N) is 1. The topological polar surface area (TPSA) is 85.4 Å². The second-order valence-corrected chi connectivity index (χ2v) is 5.27. The van der Waals surface area contributed by atoms with E-state index in [0.717, 1.165) is 45.1 Å². The zero-order chi connectivity index (χ0) is 14.5. The number of hydrogen-bond acceptors (Lipinski definition) is 6. The molecule has 0 atom stereocenters. The highest BCUT2D eigenvalue weighted by molar-refractivity contribution is 5.97. The Hall–Kier alpha value is -1.73. The van der Waals surface area contributed by atoms with Crippen LogP contribution in [0, 0.1) is 5.41 Å². The van der Waals surface area contributed by atoms with E-state index in [9.17, 15) is 0 Å². The van der Waals surface area contributed by atoms with Gasteiger partial charge in [-0.25, -0.2) is 9.97 Å². The van der Waals surface area contributed by atoms with Crippen LogP contribution >= 0.6 is 0 Å². The fraction of sp³-hybridized carbons (Fsp3) is 0.615. The normalized spacial score (nSPS) is 16.6. The van der Waals surface area contributed by atoms with Crippen LogP contribution in [-0.4, -0.2) is 79.0 Å². The molecule has 7 heteroatoms. The van der Waals surface area contributed by atoms with Crippen molar-refractivity contribution in [1.29, 1.82) is 5.41 Å². The number of piperazine rings is 1. The van der Waals surface area contributed by atoms with Crippen molar-refractivity contribution in [3.63, 3.8) is 0 Å². The lowest BCUT2D eigenvalue weighted by molar-refractivity contribution is 0.229. The summed E-state index contributed by atoms with van der Waals surface area (Å²) in [5.74, 6) is 0.704. The van der Waals surface area contributed by atoms with Crippen molar-refractivity contribution in [3.05, 3.63) is 18.1 Å². The van der Waals surface area contributed by atoms with Gasteiger partial charge in [0.2, 0.25) is 0 Å². The second kappa shape index (κ2) is 6.62. The fourth-order valence-electron chi connectivity index (χ4n) is 2.28. The zero-order valence-corrected chi connectivity index (χ0v) is 12.2. The minimum absolute atomic E-state index is 0.0249. The number of nitrogens with zero attached hydrogens (tertiary/aromatic N) is 5. The van der Waals surface area contributed by atoms with Gasteiger partial charge in [0.05, 0.1) is 0 Å². The monoisotopic (exact) mass is 277 g/mol. The van der Waals surface area contributed by atoms with Gasteiger partial charge in [0.1, 0.15) is 11.5 Å². The molecule has 0 amide bonds. The summed E-state index contributed by atoms with van der Waals surface area (Å²) in [6, 6.07) is 0. The molecule has 0 aromatic carbocycles. The first kappa shape index (κ1) is 14.7. The van der Waals surface area contributed by atoms with Crippen molar-refractivity contribution in [2.24, 2.45) is 5.73 Å². The van der Waals surface area contributed by atoms with E-state index in [2.05, 4.69) is 38.8 Å². The van der Waals surface area contributed by atoms with Gasteiger partial charge in [0.25, 0.3) is 0 Å². The van der Waals surface area contributed by atoms with Crippen LogP contribution in [0.1, 0.15) is 5.69 Å². The number of nitrogen functional groups attached to an aromatic ring is 1. The zero-order valence-electron chi connectivity index (χ0n) is 12.2. The number of hydrogen-bond donors (Lipinski definition) is 2. The van der Waals surface area contributed by atoms with E-state index in [0.29, 0.717) is 5.69 Å². The molecule has 0 unspecified atom stereocenters. The highest BCUT2D eigenvalue weighted by Gasteiger charge is 2.21.